The van der Waals surface area contributed by atoms with Gasteiger partial charge < -0.3 is 10.5 Å². The van der Waals surface area contributed by atoms with Crippen molar-refractivity contribution >= 4 is 35.0 Å². The highest BCUT2D eigenvalue weighted by atomic mass is 32.2. The first kappa shape index (κ1) is 15.4. The molecule has 1 aliphatic heterocycles. The first-order chi connectivity index (χ1) is 11.1. The number of hydrogen-bond donors (Lipinski definition) is 1. The number of carbonyl (C=O) groups excluding carboxylic acids is 2. The quantitative estimate of drug-likeness (QED) is 0.690. The predicted molar refractivity (Wildman–Crippen MR) is 90.6 cm³/mol. The maximum absolute atomic E-state index is 12.7. The van der Waals surface area contributed by atoms with Crippen molar-refractivity contribution in [2.75, 3.05) is 17.7 Å². The zero-order valence-electron chi connectivity index (χ0n) is 12.6. The Morgan fingerprint density at radius 1 is 1.13 bits per heavy atom. The number of para-hydroxylation sites is 2. The number of rotatable bonds is 4. The van der Waals surface area contributed by atoms with Gasteiger partial charge in [0.15, 0.2) is 0 Å². The molecule has 0 unspecified atom stereocenters. The molecule has 1 atom stereocenters. The van der Waals surface area contributed by atoms with Gasteiger partial charge in [-0.15, -0.1) is 11.8 Å². The van der Waals surface area contributed by atoms with E-state index >= 15 is 0 Å². The van der Waals surface area contributed by atoms with E-state index in [1.165, 1.54) is 23.8 Å². The van der Waals surface area contributed by atoms with Gasteiger partial charge in [-0.05, 0) is 36.4 Å². The fraction of sp³-hybridized carbons (Fsp3) is 0.176. The molecule has 5 nitrogen and oxygen atoms in total. The summed E-state index contributed by atoms with van der Waals surface area (Å²) in [4.78, 5) is 27.1. The van der Waals surface area contributed by atoms with Crippen LogP contribution in [0.4, 0.5) is 11.4 Å². The van der Waals surface area contributed by atoms with Crippen molar-refractivity contribution < 1.29 is 14.3 Å². The van der Waals surface area contributed by atoms with Gasteiger partial charge in [-0.25, -0.2) is 4.90 Å². The number of thioether (sulfide) groups is 1. The van der Waals surface area contributed by atoms with Gasteiger partial charge in [-0.1, -0.05) is 12.1 Å². The van der Waals surface area contributed by atoms with Crippen molar-refractivity contribution in [2.24, 2.45) is 0 Å². The number of methoxy groups -OCH3 is 1. The van der Waals surface area contributed by atoms with Crippen LogP contribution in [0.3, 0.4) is 0 Å². The van der Waals surface area contributed by atoms with Crippen LogP contribution < -0.4 is 15.4 Å². The summed E-state index contributed by atoms with van der Waals surface area (Å²) < 4.78 is 5.25. The number of nitrogen functional groups attached to an aromatic ring is 1. The van der Waals surface area contributed by atoms with E-state index in [-0.39, 0.29) is 18.2 Å². The van der Waals surface area contributed by atoms with Crippen molar-refractivity contribution in [3.8, 4) is 5.75 Å². The summed E-state index contributed by atoms with van der Waals surface area (Å²) in [6, 6.07) is 14.3. The molecule has 23 heavy (non-hydrogen) atoms. The first-order valence-electron chi connectivity index (χ1n) is 7.12. The van der Waals surface area contributed by atoms with Gasteiger partial charge in [0.2, 0.25) is 11.8 Å². The van der Waals surface area contributed by atoms with E-state index in [2.05, 4.69) is 0 Å². The third-order valence-corrected chi connectivity index (χ3v) is 4.79. The molecule has 2 aromatic rings. The average molecular weight is 328 g/mol. The number of carbonyl (C=O) groups is 2. The molecule has 0 aromatic heterocycles. The van der Waals surface area contributed by atoms with Crippen LogP contribution in [0.25, 0.3) is 0 Å². The number of nitrogens with zero attached hydrogens (tertiary/aromatic N) is 1. The fourth-order valence-corrected chi connectivity index (χ4v) is 3.53. The number of ether oxygens (including phenoxy) is 1. The van der Waals surface area contributed by atoms with Crippen LogP contribution in [-0.4, -0.2) is 24.2 Å². The number of amides is 2. The Morgan fingerprint density at radius 3 is 2.52 bits per heavy atom. The molecule has 0 aliphatic carbocycles. The highest BCUT2D eigenvalue weighted by Crippen LogP contribution is 2.37. The van der Waals surface area contributed by atoms with Crippen molar-refractivity contribution in [2.45, 2.75) is 16.6 Å². The molecule has 2 aromatic carbocycles. The molecule has 1 saturated heterocycles. The lowest BCUT2D eigenvalue weighted by atomic mass is 10.2. The van der Waals surface area contributed by atoms with Gasteiger partial charge in [0.1, 0.15) is 5.75 Å². The highest BCUT2D eigenvalue weighted by Gasteiger charge is 2.41. The van der Waals surface area contributed by atoms with Crippen LogP contribution in [0, 0.1) is 0 Å². The molecular weight excluding hydrogens is 312 g/mol. The Morgan fingerprint density at radius 2 is 1.83 bits per heavy atom. The predicted octanol–water partition coefficient (Wildman–Crippen LogP) is 2.70. The Bertz CT molecular complexity index is 746. The molecule has 3 rings (SSSR count). The number of imide groups is 1. The molecule has 2 N–H and O–H groups in total. The lowest BCUT2D eigenvalue weighted by molar-refractivity contribution is -0.121. The summed E-state index contributed by atoms with van der Waals surface area (Å²) in [6.45, 7) is 0. The molecule has 1 fully saturated rings. The smallest absolute Gasteiger partial charge is 0.247 e. The molecular formula is C17H16N2O3S. The maximum Gasteiger partial charge on any atom is 0.247 e. The highest BCUT2D eigenvalue weighted by molar-refractivity contribution is 8.00. The van der Waals surface area contributed by atoms with Gasteiger partial charge in [-0.2, -0.15) is 0 Å². The maximum atomic E-state index is 12.7. The Balaban J connectivity index is 1.84. The van der Waals surface area contributed by atoms with E-state index in [0.717, 1.165) is 4.90 Å². The normalized spacial score (nSPS) is 17.6. The summed E-state index contributed by atoms with van der Waals surface area (Å²) in [5.41, 5.74) is 6.82. The van der Waals surface area contributed by atoms with Crippen LogP contribution in [0.5, 0.6) is 5.75 Å². The van der Waals surface area contributed by atoms with Gasteiger partial charge >= 0.3 is 0 Å². The van der Waals surface area contributed by atoms with Crippen LogP contribution in [0.1, 0.15) is 6.42 Å². The lowest BCUT2D eigenvalue weighted by Gasteiger charge is -2.17. The van der Waals surface area contributed by atoms with E-state index in [0.29, 0.717) is 17.1 Å². The van der Waals surface area contributed by atoms with E-state index in [1.54, 1.807) is 36.4 Å². The minimum absolute atomic E-state index is 0.173. The average Bonchev–Trinajstić information content (AvgIpc) is 2.83. The summed E-state index contributed by atoms with van der Waals surface area (Å²) in [5.74, 6) is 0.0705. The number of anilines is 2. The summed E-state index contributed by atoms with van der Waals surface area (Å²) in [5, 5.41) is -0.434. The number of nitrogens with two attached hydrogens (primary N) is 1. The molecule has 0 saturated carbocycles. The number of benzene rings is 2. The van der Waals surface area contributed by atoms with Crippen molar-refractivity contribution in [1.29, 1.82) is 0 Å². The molecule has 1 heterocycles. The third-order valence-electron chi connectivity index (χ3n) is 3.59. The second-order valence-electron chi connectivity index (χ2n) is 5.12. The fourth-order valence-electron chi connectivity index (χ4n) is 2.47. The minimum Gasteiger partial charge on any atom is -0.495 e. The molecule has 1 aliphatic rings. The van der Waals surface area contributed by atoms with Gasteiger partial charge in [-0.3, -0.25) is 9.59 Å². The zero-order chi connectivity index (χ0) is 16.4. The first-order valence-corrected chi connectivity index (χ1v) is 8.00. The molecule has 2 amide bonds. The third kappa shape index (κ3) is 3.03. The summed E-state index contributed by atoms with van der Waals surface area (Å²) in [7, 11) is 1.52. The Labute approximate surface area is 138 Å². The molecule has 0 spiro atoms. The van der Waals surface area contributed by atoms with E-state index < -0.39 is 5.25 Å². The Kier molecular flexibility index (Phi) is 4.25. The van der Waals surface area contributed by atoms with Crippen molar-refractivity contribution in [1.82, 2.24) is 0 Å². The van der Waals surface area contributed by atoms with E-state index in [4.69, 9.17) is 10.5 Å². The minimum atomic E-state index is -0.434. The van der Waals surface area contributed by atoms with Gasteiger partial charge in [0, 0.05) is 17.0 Å². The van der Waals surface area contributed by atoms with Crippen molar-refractivity contribution in [3.05, 3.63) is 48.5 Å². The molecule has 0 bridgehead atoms. The standard InChI is InChI=1S/C17H16N2O3S/c1-22-14-5-3-2-4-13(14)19-16(20)10-15(17(19)21)23-12-8-6-11(18)7-9-12/h2-9,15H,10,18H2,1H3/t15-/m1/s1. The van der Waals surface area contributed by atoms with Gasteiger partial charge in [0.05, 0.1) is 18.0 Å². The topological polar surface area (TPSA) is 72.6 Å². The monoisotopic (exact) mass is 328 g/mol. The van der Waals surface area contributed by atoms with Crippen molar-refractivity contribution in [3.63, 3.8) is 0 Å². The zero-order valence-corrected chi connectivity index (χ0v) is 13.4. The molecule has 0 radical (unpaired) electrons. The second-order valence-corrected chi connectivity index (χ2v) is 6.40. The van der Waals surface area contributed by atoms with Gasteiger partial charge in [0.25, 0.3) is 0 Å². The molecule has 118 valence electrons. The van der Waals surface area contributed by atoms with E-state index in [9.17, 15) is 9.59 Å². The summed E-state index contributed by atoms with van der Waals surface area (Å²) in [6.07, 6.45) is 0.173. The SMILES string of the molecule is COc1ccccc1N1C(=O)C[C@@H](Sc2ccc(N)cc2)C1=O. The Hall–Kier alpha value is -2.47. The second kappa shape index (κ2) is 6.34. The number of hydrogen-bond acceptors (Lipinski definition) is 5. The van der Waals surface area contributed by atoms with Crippen LogP contribution >= 0.6 is 11.8 Å². The lowest BCUT2D eigenvalue weighted by Crippen LogP contribution is -2.31. The van der Waals surface area contributed by atoms with Crippen LogP contribution in [-0.2, 0) is 9.59 Å². The van der Waals surface area contributed by atoms with E-state index in [1.807, 2.05) is 12.1 Å². The largest absolute Gasteiger partial charge is 0.495 e. The van der Waals surface area contributed by atoms with Crippen LogP contribution in [0.15, 0.2) is 53.4 Å². The van der Waals surface area contributed by atoms with Crippen LogP contribution in [0.2, 0.25) is 0 Å². The summed E-state index contributed by atoms with van der Waals surface area (Å²) >= 11 is 1.38. The molecule has 6 heteroatoms.